The van der Waals surface area contributed by atoms with Crippen LogP contribution in [-0.4, -0.2) is 56.9 Å². The van der Waals surface area contributed by atoms with Gasteiger partial charge in [0.05, 0.1) is 6.61 Å². The normalized spacial score (nSPS) is 10.4. The summed E-state index contributed by atoms with van der Waals surface area (Å²) in [7, 11) is 1.64. The number of nitrogens with one attached hydrogen (secondary N) is 2. The molecule has 0 aromatic heterocycles. The van der Waals surface area contributed by atoms with Crippen LogP contribution in [0.25, 0.3) is 0 Å². The SMILES string of the molecule is CCOC(=O)N(C)c1ccc(NC(=O)NCCN(CC)CC)cc1. The van der Waals surface area contributed by atoms with Gasteiger partial charge < -0.3 is 20.3 Å². The quantitative estimate of drug-likeness (QED) is 0.765. The van der Waals surface area contributed by atoms with Crippen molar-refractivity contribution in [2.45, 2.75) is 20.8 Å². The summed E-state index contributed by atoms with van der Waals surface area (Å²) >= 11 is 0. The van der Waals surface area contributed by atoms with Gasteiger partial charge >= 0.3 is 12.1 Å². The van der Waals surface area contributed by atoms with E-state index in [-0.39, 0.29) is 6.03 Å². The summed E-state index contributed by atoms with van der Waals surface area (Å²) in [6.45, 7) is 9.64. The zero-order chi connectivity index (χ0) is 17.9. The molecule has 0 aliphatic carbocycles. The summed E-state index contributed by atoms with van der Waals surface area (Å²) in [6.07, 6.45) is -0.410. The molecule has 134 valence electrons. The Labute approximate surface area is 144 Å². The highest BCUT2D eigenvalue weighted by atomic mass is 16.6. The van der Waals surface area contributed by atoms with Gasteiger partial charge in [0.2, 0.25) is 0 Å². The van der Waals surface area contributed by atoms with E-state index in [4.69, 9.17) is 4.74 Å². The molecule has 0 radical (unpaired) electrons. The first-order valence-corrected chi connectivity index (χ1v) is 8.29. The average Bonchev–Trinajstić information content (AvgIpc) is 2.59. The van der Waals surface area contributed by atoms with E-state index < -0.39 is 6.09 Å². The lowest BCUT2D eigenvalue weighted by molar-refractivity contribution is 0.161. The van der Waals surface area contributed by atoms with Gasteiger partial charge in [-0.15, -0.1) is 0 Å². The van der Waals surface area contributed by atoms with E-state index in [0.29, 0.717) is 24.5 Å². The highest BCUT2D eigenvalue weighted by molar-refractivity contribution is 5.90. The van der Waals surface area contributed by atoms with Crippen molar-refractivity contribution in [3.63, 3.8) is 0 Å². The standard InChI is InChI=1S/C17H28N4O3/c1-5-21(6-2)13-12-18-16(22)19-14-8-10-15(11-9-14)20(4)17(23)24-7-3/h8-11H,5-7,12-13H2,1-4H3,(H2,18,19,22). The molecule has 0 unspecified atom stereocenters. The summed E-state index contributed by atoms with van der Waals surface area (Å²) < 4.78 is 4.94. The third-order valence-electron chi connectivity index (χ3n) is 3.66. The number of hydrogen-bond donors (Lipinski definition) is 2. The molecular weight excluding hydrogens is 308 g/mol. The van der Waals surface area contributed by atoms with E-state index in [2.05, 4.69) is 29.4 Å². The second kappa shape index (κ2) is 10.5. The maximum atomic E-state index is 11.9. The maximum absolute atomic E-state index is 11.9. The van der Waals surface area contributed by atoms with Crippen LogP contribution in [0.2, 0.25) is 0 Å². The lowest BCUT2D eigenvalue weighted by atomic mass is 10.2. The Morgan fingerprint density at radius 1 is 1.08 bits per heavy atom. The van der Waals surface area contributed by atoms with Crippen molar-refractivity contribution in [3.05, 3.63) is 24.3 Å². The zero-order valence-electron chi connectivity index (χ0n) is 15.0. The Hall–Kier alpha value is -2.28. The molecule has 24 heavy (non-hydrogen) atoms. The first-order chi connectivity index (χ1) is 11.5. The maximum Gasteiger partial charge on any atom is 0.413 e. The molecule has 0 fully saturated rings. The molecule has 0 saturated carbocycles. The average molecular weight is 336 g/mol. The van der Waals surface area contributed by atoms with Crippen LogP contribution in [-0.2, 0) is 4.74 Å². The number of ether oxygens (including phenoxy) is 1. The van der Waals surface area contributed by atoms with E-state index in [1.54, 1.807) is 38.2 Å². The zero-order valence-corrected chi connectivity index (χ0v) is 15.0. The van der Waals surface area contributed by atoms with Crippen LogP contribution in [0.4, 0.5) is 21.0 Å². The smallest absolute Gasteiger partial charge is 0.413 e. The molecule has 0 heterocycles. The van der Waals surface area contributed by atoms with Crippen LogP contribution >= 0.6 is 0 Å². The fraction of sp³-hybridized carbons (Fsp3) is 0.529. The van der Waals surface area contributed by atoms with E-state index >= 15 is 0 Å². The third-order valence-corrected chi connectivity index (χ3v) is 3.66. The van der Waals surface area contributed by atoms with Crippen LogP contribution in [0, 0.1) is 0 Å². The first-order valence-electron chi connectivity index (χ1n) is 8.29. The van der Waals surface area contributed by atoms with Crippen LogP contribution in [0.15, 0.2) is 24.3 Å². The number of anilines is 2. The molecule has 0 aliphatic heterocycles. The van der Waals surface area contributed by atoms with Crippen molar-refractivity contribution in [2.24, 2.45) is 0 Å². The summed E-state index contributed by atoms with van der Waals surface area (Å²) in [5, 5.41) is 5.60. The Morgan fingerprint density at radius 2 is 1.71 bits per heavy atom. The van der Waals surface area contributed by atoms with Crippen molar-refractivity contribution in [1.82, 2.24) is 10.2 Å². The van der Waals surface area contributed by atoms with Gasteiger partial charge in [0, 0.05) is 31.5 Å². The Kier molecular flexibility index (Phi) is 8.64. The molecule has 0 spiro atoms. The molecule has 1 aromatic carbocycles. The van der Waals surface area contributed by atoms with Crippen molar-refractivity contribution in [1.29, 1.82) is 0 Å². The third kappa shape index (κ3) is 6.45. The largest absolute Gasteiger partial charge is 0.449 e. The molecule has 0 aliphatic rings. The minimum atomic E-state index is -0.410. The minimum absolute atomic E-state index is 0.242. The molecule has 3 amide bonds. The van der Waals surface area contributed by atoms with Gasteiger partial charge in [0.1, 0.15) is 0 Å². The van der Waals surface area contributed by atoms with Gasteiger partial charge in [-0.2, -0.15) is 0 Å². The van der Waals surface area contributed by atoms with Gasteiger partial charge in [0.15, 0.2) is 0 Å². The second-order valence-corrected chi connectivity index (χ2v) is 5.21. The van der Waals surface area contributed by atoms with Crippen molar-refractivity contribution < 1.29 is 14.3 Å². The number of amides is 3. The molecule has 1 aromatic rings. The van der Waals surface area contributed by atoms with E-state index in [0.717, 1.165) is 19.6 Å². The Morgan fingerprint density at radius 3 is 2.25 bits per heavy atom. The summed E-state index contributed by atoms with van der Waals surface area (Å²) in [5.41, 5.74) is 1.36. The molecule has 2 N–H and O–H groups in total. The fourth-order valence-corrected chi connectivity index (χ4v) is 2.14. The number of carbonyl (C=O) groups excluding carboxylic acids is 2. The summed E-state index contributed by atoms with van der Waals surface area (Å²) in [4.78, 5) is 27.2. The predicted octanol–water partition coefficient (Wildman–Crippen LogP) is 2.74. The van der Waals surface area contributed by atoms with E-state index in [9.17, 15) is 9.59 Å². The van der Waals surface area contributed by atoms with Crippen LogP contribution in [0.3, 0.4) is 0 Å². The number of hydrogen-bond acceptors (Lipinski definition) is 4. The monoisotopic (exact) mass is 336 g/mol. The van der Waals surface area contributed by atoms with Crippen LogP contribution in [0.5, 0.6) is 0 Å². The van der Waals surface area contributed by atoms with E-state index in [1.807, 2.05) is 0 Å². The van der Waals surface area contributed by atoms with Gasteiger partial charge in [-0.05, 0) is 44.3 Å². The van der Waals surface area contributed by atoms with Gasteiger partial charge in [0.25, 0.3) is 0 Å². The molecule has 0 saturated heterocycles. The predicted molar refractivity (Wildman–Crippen MR) is 96.7 cm³/mol. The van der Waals surface area contributed by atoms with Crippen LogP contribution < -0.4 is 15.5 Å². The number of nitrogens with zero attached hydrogens (tertiary/aromatic N) is 2. The van der Waals surface area contributed by atoms with Crippen molar-refractivity contribution in [2.75, 3.05) is 50.1 Å². The molecule has 1 rings (SSSR count). The summed E-state index contributed by atoms with van der Waals surface area (Å²) in [5.74, 6) is 0. The Balaban J connectivity index is 2.46. The lowest BCUT2D eigenvalue weighted by Gasteiger charge is -2.18. The summed E-state index contributed by atoms with van der Waals surface area (Å²) in [6, 6.07) is 6.75. The molecule has 7 nitrogen and oxygen atoms in total. The van der Waals surface area contributed by atoms with Crippen LogP contribution in [0.1, 0.15) is 20.8 Å². The number of likely N-dealkylation sites (N-methyl/N-ethyl adjacent to an activating group) is 1. The van der Waals surface area contributed by atoms with Gasteiger partial charge in [-0.1, -0.05) is 13.8 Å². The Bertz CT molecular complexity index is 515. The number of urea groups is 1. The molecule has 7 heteroatoms. The topological polar surface area (TPSA) is 73.9 Å². The second-order valence-electron chi connectivity index (χ2n) is 5.21. The number of rotatable bonds is 8. The minimum Gasteiger partial charge on any atom is -0.449 e. The van der Waals surface area contributed by atoms with Gasteiger partial charge in [-0.25, -0.2) is 9.59 Å². The lowest BCUT2D eigenvalue weighted by Crippen LogP contribution is -2.36. The number of benzene rings is 1. The van der Waals surface area contributed by atoms with E-state index in [1.165, 1.54) is 4.90 Å². The highest BCUT2D eigenvalue weighted by Crippen LogP contribution is 2.17. The molecular formula is C17H28N4O3. The van der Waals surface area contributed by atoms with Gasteiger partial charge in [-0.3, -0.25) is 4.90 Å². The first kappa shape index (κ1) is 19.8. The molecule has 0 atom stereocenters. The fourth-order valence-electron chi connectivity index (χ4n) is 2.14. The van der Waals surface area contributed by atoms with Crippen molar-refractivity contribution in [3.8, 4) is 0 Å². The number of carbonyl (C=O) groups is 2. The highest BCUT2D eigenvalue weighted by Gasteiger charge is 2.11. The molecule has 0 bridgehead atoms. The van der Waals surface area contributed by atoms with Crippen molar-refractivity contribution >= 4 is 23.5 Å².